The number of hydrogen-bond acceptors (Lipinski definition) is 4. The van der Waals surface area contributed by atoms with Gasteiger partial charge in [0.1, 0.15) is 12.1 Å². The van der Waals surface area contributed by atoms with E-state index in [2.05, 4.69) is 15.6 Å². The predicted octanol–water partition coefficient (Wildman–Crippen LogP) is -2.60. The normalized spacial score (nSPS) is 25.0. The summed E-state index contributed by atoms with van der Waals surface area (Å²) in [6, 6.07) is -1.48. The van der Waals surface area contributed by atoms with Crippen molar-refractivity contribution in [3.05, 3.63) is 0 Å². The molecule has 0 bridgehead atoms. The Kier molecular flexibility index (Phi) is 4.90. The molecule has 1 rings (SSSR count). The maximum atomic E-state index is 11.7. The summed E-state index contributed by atoms with van der Waals surface area (Å²) in [5.74, 6) is -0.678. The van der Waals surface area contributed by atoms with Gasteiger partial charge in [0.15, 0.2) is 5.96 Å². The van der Waals surface area contributed by atoms with Gasteiger partial charge in [-0.05, 0) is 19.8 Å². The number of carbonyl (C=O) groups is 2. The lowest BCUT2D eigenvalue weighted by molar-refractivity contribution is -0.139. The summed E-state index contributed by atoms with van der Waals surface area (Å²) < 4.78 is 0. The largest absolute Gasteiger partial charge is 0.391 e. The Morgan fingerprint density at radius 1 is 1.39 bits per heavy atom. The number of carbonyl (C=O) groups excluding carboxylic acids is 2. The van der Waals surface area contributed by atoms with Crippen LogP contribution in [0, 0.1) is 0 Å². The first-order chi connectivity index (χ1) is 8.41. The van der Waals surface area contributed by atoms with Crippen LogP contribution in [0.25, 0.3) is 0 Å². The van der Waals surface area contributed by atoms with Crippen LogP contribution in [-0.2, 0) is 9.59 Å². The van der Waals surface area contributed by atoms with Crippen LogP contribution in [0.3, 0.4) is 0 Å². The number of piperazine rings is 1. The smallest absolute Gasteiger partial charge is 0.245 e. The number of aliphatic hydroxyl groups is 1. The number of aliphatic imine (C=N–C) groups is 1. The number of nitrogens with one attached hydrogen (secondary N) is 2. The Bertz CT molecular complexity index is 351. The fourth-order valence-corrected chi connectivity index (χ4v) is 1.69. The molecule has 1 aliphatic heterocycles. The Balaban J connectivity index is 2.43. The number of guanidine groups is 1. The van der Waals surface area contributed by atoms with Crippen LogP contribution in [-0.4, -0.2) is 47.6 Å². The van der Waals surface area contributed by atoms with Crippen LogP contribution in [0.5, 0.6) is 0 Å². The molecule has 18 heavy (non-hydrogen) atoms. The van der Waals surface area contributed by atoms with Crippen molar-refractivity contribution >= 4 is 17.8 Å². The number of amides is 2. The second-order valence-corrected chi connectivity index (χ2v) is 4.24. The minimum atomic E-state index is -0.920. The summed E-state index contributed by atoms with van der Waals surface area (Å²) in [5.41, 5.74) is 10.3. The maximum absolute atomic E-state index is 11.7. The summed E-state index contributed by atoms with van der Waals surface area (Å²) >= 11 is 0. The van der Waals surface area contributed by atoms with Crippen molar-refractivity contribution in [1.82, 2.24) is 10.6 Å². The standard InChI is InChI=1S/C10H19N5O3/c1-5(16)7-9(18)14-6(8(17)15-7)3-2-4-13-10(11)12/h5-7,16H,2-4H2,1H3,(H,14,18)(H,15,17)(H4,11,12,13)/t5-,6-,7-/m0/s1. The summed E-state index contributed by atoms with van der Waals surface area (Å²) in [5, 5.41) is 14.3. The number of hydrogen-bond donors (Lipinski definition) is 5. The van der Waals surface area contributed by atoms with Crippen molar-refractivity contribution in [2.75, 3.05) is 6.54 Å². The number of rotatable bonds is 5. The minimum Gasteiger partial charge on any atom is -0.391 e. The summed E-state index contributed by atoms with van der Waals surface area (Å²) in [6.07, 6.45) is 0.104. The molecule has 0 saturated carbocycles. The second-order valence-electron chi connectivity index (χ2n) is 4.24. The van der Waals surface area contributed by atoms with E-state index in [4.69, 9.17) is 11.5 Å². The molecule has 1 fully saturated rings. The van der Waals surface area contributed by atoms with E-state index in [1.807, 2.05) is 0 Å². The van der Waals surface area contributed by atoms with Crippen LogP contribution >= 0.6 is 0 Å². The third kappa shape index (κ3) is 3.88. The minimum absolute atomic E-state index is 0.00120. The van der Waals surface area contributed by atoms with Gasteiger partial charge in [-0.2, -0.15) is 0 Å². The van der Waals surface area contributed by atoms with Crippen LogP contribution in [0.1, 0.15) is 19.8 Å². The third-order valence-corrected chi connectivity index (χ3v) is 2.64. The van der Waals surface area contributed by atoms with Gasteiger partial charge in [0.25, 0.3) is 0 Å². The van der Waals surface area contributed by atoms with Crippen molar-refractivity contribution in [2.45, 2.75) is 38.0 Å². The molecule has 8 heteroatoms. The van der Waals surface area contributed by atoms with Gasteiger partial charge in [-0.3, -0.25) is 14.6 Å². The maximum Gasteiger partial charge on any atom is 0.245 e. The first-order valence-corrected chi connectivity index (χ1v) is 5.76. The van der Waals surface area contributed by atoms with Gasteiger partial charge in [0, 0.05) is 6.54 Å². The number of nitrogens with two attached hydrogens (primary N) is 2. The molecule has 0 aliphatic carbocycles. The molecule has 1 aliphatic rings. The summed E-state index contributed by atoms with van der Waals surface area (Å²) in [4.78, 5) is 27.0. The molecule has 0 aromatic heterocycles. The fraction of sp³-hybridized carbons (Fsp3) is 0.700. The molecule has 0 aromatic rings. The van der Waals surface area contributed by atoms with Crippen LogP contribution < -0.4 is 22.1 Å². The first kappa shape index (κ1) is 14.2. The zero-order valence-electron chi connectivity index (χ0n) is 10.2. The molecule has 0 unspecified atom stereocenters. The Morgan fingerprint density at radius 3 is 2.61 bits per heavy atom. The van der Waals surface area contributed by atoms with Crippen molar-refractivity contribution in [3.63, 3.8) is 0 Å². The van der Waals surface area contributed by atoms with Gasteiger partial charge in [-0.25, -0.2) is 0 Å². The fourth-order valence-electron chi connectivity index (χ4n) is 1.69. The highest BCUT2D eigenvalue weighted by molar-refractivity contribution is 5.97. The van der Waals surface area contributed by atoms with E-state index in [-0.39, 0.29) is 17.8 Å². The Labute approximate surface area is 105 Å². The van der Waals surface area contributed by atoms with E-state index >= 15 is 0 Å². The molecule has 0 aromatic carbocycles. The van der Waals surface area contributed by atoms with Gasteiger partial charge in [0.05, 0.1) is 6.10 Å². The number of nitrogens with zero attached hydrogens (tertiary/aromatic N) is 1. The average molecular weight is 257 g/mol. The second kappa shape index (κ2) is 6.20. The van der Waals surface area contributed by atoms with E-state index in [9.17, 15) is 14.7 Å². The molecule has 102 valence electrons. The highest BCUT2D eigenvalue weighted by Crippen LogP contribution is 2.06. The van der Waals surface area contributed by atoms with E-state index in [1.54, 1.807) is 0 Å². The van der Waals surface area contributed by atoms with Gasteiger partial charge in [0.2, 0.25) is 11.8 Å². The van der Waals surface area contributed by atoms with Crippen molar-refractivity contribution in [3.8, 4) is 0 Å². The van der Waals surface area contributed by atoms with Gasteiger partial charge < -0.3 is 27.2 Å². The highest BCUT2D eigenvalue weighted by atomic mass is 16.3. The molecule has 1 heterocycles. The number of aliphatic hydroxyl groups excluding tert-OH is 1. The lowest BCUT2D eigenvalue weighted by atomic mass is 10.0. The van der Waals surface area contributed by atoms with E-state index < -0.39 is 18.2 Å². The molecule has 0 spiro atoms. The predicted molar refractivity (Wildman–Crippen MR) is 65.5 cm³/mol. The molecule has 1 saturated heterocycles. The zero-order valence-corrected chi connectivity index (χ0v) is 10.2. The van der Waals surface area contributed by atoms with Crippen LogP contribution in [0.15, 0.2) is 4.99 Å². The lowest BCUT2D eigenvalue weighted by Crippen LogP contribution is -2.64. The summed E-state index contributed by atoms with van der Waals surface area (Å²) in [6.45, 7) is 1.85. The third-order valence-electron chi connectivity index (χ3n) is 2.64. The topological polar surface area (TPSA) is 143 Å². The molecule has 3 atom stereocenters. The van der Waals surface area contributed by atoms with E-state index in [0.29, 0.717) is 19.4 Å². The Hall–Kier alpha value is -1.83. The van der Waals surface area contributed by atoms with Gasteiger partial charge >= 0.3 is 0 Å². The lowest BCUT2D eigenvalue weighted by Gasteiger charge is -2.30. The van der Waals surface area contributed by atoms with Crippen molar-refractivity contribution in [2.24, 2.45) is 16.5 Å². The molecular formula is C10H19N5O3. The molecule has 0 radical (unpaired) electrons. The highest BCUT2D eigenvalue weighted by Gasteiger charge is 2.35. The van der Waals surface area contributed by atoms with E-state index in [1.165, 1.54) is 6.92 Å². The van der Waals surface area contributed by atoms with Crippen LogP contribution in [0.4, 0.5) is 0 Å². The molecule has 7 N–H and O–H groups in total. The van der Waals surface area contributed by atoms with E-state index in [0.717, 1.165) is 0 Å². The summed E-state index contributed by atoms with van der Waals surface area (Å²) in [7, 11) is 0. The van der Waals surface area contributed by atoms with Crippen LogP contribution in [0.2, 0.25) is 0 Å². The molecule has 8 nitrogen and oxygen atoms in total. The molecular weight excluding hydrogens is 238 g/mol. The first-order valence-electron chi connectivity index (χ1n) is 5.76. The zero-order chi connectivity index (χ0) is 13.7. The monoisotopic (exact) mass is 257 g/mol. The molecule has 2 amide bonds. The van der Waals surface area contributed by atoms with Crippen molar-refractivity contribution < 1.29 is 14.7 Å². The average Bonchev–Trinajstić information content (AvgIpc) is 2.27. The van der Waals surface area contributed by atoms with Gasteiger partial charge in [-0.15, -0.1) is 0 Å². The van der Waals surface area contributed by atoms with Crippen molar-refractivity contribution in [1.29, 1.82) is 0 Å². The quantitative estimate of drug-likeness (QED) is 0.208. The van der Waals surface area contributed by atoms with Gasteiger partial charge in [-0.1, -0.05) is 0 Å². The Morgan fingerprint density at radius 2 is 2.06 bits per heavy atom. The SMILES string of the molecule is C[C@H](O)[C@@H]1NC(=O)[C@H](CCCN=C(N)N)NC1=O.